The van der Waals surface area contributed by atoms with Gasteiger partial charge in [0.1, 0.15) is 17.5 Å². The molecule has 0 saturated carbocycles. The zero-order valence-corrected chi connectivity index (χ0v) is 12.2. The van der Waals surface area contributed by atoms with E-state index in [0.29, 0.717) is 12.4 Å². The van der Waals surface area contributed by atoms with E-state index in [0.717, 1.165) is 11.3 Å². The van der Waals surface area contributed by atoms with Crippen LogP contribution in [0.3, 0.4) is 0 Å². The molecule has 2 aliphatic heterocycles. The average Bonchev–Trinajstić information content (AvgIpc) is 2.51. The molecular formula is C15H13N3O2S. The Labute approximate surface area is 127 Å². The van der Waals surface area contributed by atoms with Crippen LogP contribution < -0.4 is 4.74 Å². The van der Waals surface area contributed by atoms with Gasteiger partial charge in [-0.1, -0.05) is 18.2 Å². The minimum absolute atomic E-state index is 0.0964. The highest BCUT2D eigenvalue weighted by atomic mass is 32.1. The van der Waals surface area contributed by atoms with Gasteiger partial charge in [-0.3, -0.25) is 9.69 Å². The Hall–Kier alpha value is -2.34. The first-order chi connectivity index (χ1) is 10.2. The number of amidine groups is 1. The van der Waals surface area contributed by atoms with Crippen molar-refractivity contribution in [3.8, 4) is 5.75 Å². The maximum Gasteiger partial charge on any atom is 0.243 e. The number of carbonyl (C=O) groups excluding carboxylic acids is 1. The third-order valence-corrected chi connectivity index (χ3v) is 3.63. The Morgan fingerprint density at radius 3 is 3.10 bits per heavy atom. The number of aliphatic imine (C=N–C) groups is 2. The third kappa shape index (κ3) is 2.62. The van der Waals surface area contributed by atoms with Crippen LogP contribution in [0.15, 0.2) is 46.4 Å². The van der Waals surface area contributed by atoms with Crippen molar-refractivity contribution in [1.29, 1.82) is 0 Å². The number of benzene rings is 1. The molecule has 1 aromatic rings. The summed E-state index contributed by atoms with van der Waals surface area (Å²) in [5.41, 5.74) is 0.937. The lowest BCUT2D eigenvalue weighted by Gasteiger charge is -2.29. The van der Waals surface area contributed by atoms with E-state index in [1.54, 1.807) is 25.5 Å². The highest BCUT2D eigenvalue weighted by Gasteiger charge is 2.34. The van der Waals surface area contributed by atoms with Crippen LogP contribution in [-0.4, -0.2) is 35.1 Å². The fraction of sp³-hybridized carbons (Fsp3) is 0.200. The predicted molar refractivity (Wildman–Crippen MR) is 84.7 cm³/mol. The normalized spacial score (nSPS) is 20.3. The molecular weight excluding hydrogens is 286 g/mol. The van der Waals surface area contributed by atoms with Gasteiger partial charge in [-0.2, -0.15) is 0 Å². The van der Waals surface area contributed by atoms with Crippen molar-refractivity contribution >= 4 is 35.3 Å². The molecule has 0 spiro atoms. The van der Waals surface area contributed by atoms with E-state index in [2.05, 4.69) is 9.98 Å². The maximum atomic E-state index is 12.5. The summed E-state index contributed by atoms with van der Waals surface area (Å²) in [6, 6.07) is 7.54. The van der Waals surface area contributed by atoms with Crippen molar-refractivity contribution in [2.45, 2.75) is 6.54 Å². The topological polar surface area (TPSA) is 54.3 Å². The zero-order chi connectivity index (χ0) is 14.8. The summed E-state index contributed by atoms with van der Waals surface area (Å²) in [7, 11) is 1.61. The van der Waals surface area contributed by atoms with E-state index in [1.165, 1.54) is 4.90 Å². The number of allylic oxidation sites excluding steroid dienone is 1. The summed E-state index contributed by atoms with van der Waals surface area (Å²) in [6.07, 6.45) is 5.15. The number of fused-ring (bicyclic) bond motifs is 1. The van der Waals surface area contributed by atoms with Gasteiger partial charge < -0.3 is 4.74 Å². The van der Waals surface area contributed by atoms with Crippen molar-refractivity contribution in [3.05, 3.63) is 42.0 Å². The molecule has 0 saturated heterocycles. The number of carbonyl (C=O) groups is 1. The van der Waals surface area contributed by atoms with Gasteiger partial charge in [-0.05, 0) is 36.0 Å². The number of dihydropyridines is 1. The van der Waals surface area contributed by atoms with E-state index in [-0.39, 0.29) is 11.0 Å². The second-order valence-electron chi connectivity index (χ2n) is 4.67. The minimum Gasteiger partial charge on any atom is -0.497 e. The fourth-order valence-electron chi connectivity index (χ4n) is 2.26. The number of nitrogens with zero attached hydrogens (tertiary/aromatic N) is 3. The monoisotopic (exact) mass is 299 g/mol. The molecule has 1 aromatic carbocycles. The summed E-state index contributed by atoms with van der Waals surface area (Å²) < 4.78 is 5.19. The minimum atomic E-state index is -0.438. The second kappa shape index (κ2) is 5.57. The van der Waals surface area contributed by atoms with Crippen molar-refractivity contribution in [3.63, 3.8) is 0 Å². The number of methoxy groups -OCH3 is 1. The molecule has 0 aromatic heterocycles. The van der Waals surface area contributed by atoms with E-state index in [4.69, 9.17) is 17.0 Å². The van der Waals surface area contributed by atoms with Crippen LogP contribution in [0.2, 0.25) is 0 Å². The quantitative estimate of drug-likeness (QED) is 0.802. The maximum absolute atomic E-state index is 12.5. The van der Waals surface area contributed by atoms with Gasteiger partial charge in [0.2, 0.25) is 11.0 Å². The van der Waals surface area contributed by atoms with Gasteiger partial charge in [-0.25, -0.2) is 9.98 Å². The number of rotatable bonds is 3. The predicted octanol–water partition coefficient (Wildman–Crippen LogP) is 1.98. The molecule has 2 aliphatic rings. The molecule has 21 heavy (non-hydrogen) atoms. The molecule has 0 N–H and O–H groups in total. The van der Waals surface area contributed by atoms with Gasteiger partial charge in [0.15, 0.2) is 0 Å². The first-order valence-electron chi connectivity index (χ1n) is 6.47. The average molecular weight is 299 g/mol. The lowest BCUT2D eigenvalue weighted by atomic mass is 10.0. The third-order valence-electron chi connectivity index (χ3n) is 3.32. The molecule has 0 bridgehead atoms. The summed E-state index contributed by atoms with van der Waals surface area (Å²) in [5.74, 6) is 0.678. The number of hydrogen-bond acceptors (Lipinski definition) is 4. The molecule has 3 rings (SSSR count). The summed E-state index contributed by atoms with van der Waals surface area (Å²) >= 11 is 5.22. The van der Waals surface area contributed by atoms with Crippen molar-refractivity contribution in [1.82, 2.24) is 4.90 Å². The number of thiocarbonyl (C=S) groups is 1. The largest absolute Gasteiger partial charge is 0.497 e. The molecule has 1 atom stereocenters. The second-order valence-corrected chi connectivity index (χ2v) is 5.03. The zero-order valence-electron chi connectivity index (χ0n) is 11.4. The molecule has 1 unspecified atom stereocenters. The van der Waals surface area contributed by atoms with Crippen molar-refractivity contribution < 1.29 is 9.53 Å². The van der Waals surface area contributed by atoms with Crippen molar-refractivity contribution in [2.24, 2.45) is 15.9 Å². The molecule has 1 amide bonds. The molecule has 5 nitrogen and oxygen atoms in total. The van der Waals surface area contributed by atoms with Crippen LogP contribution in [-0.2, 0) is 11.3 Å². The van der Waals surface area contributed by atoms with E-state index in [9.17, 15) is 4.79 Å². The Morgan fingerprint density at radius 1 is 1.43 bits per heavy atom. The summed E-state index contributed by atoms with van der Waals surface area (Å²) in [5, 5.41) is 0.251. The van der Waals surface area contributed by atoms with Crippen LogP contribution >= 0.6 is 12.2 Å². The molecule has 0 fully saturated rings. The van der Waals surface area contributed by atoms with Crippen LogP contribution in [0.1, 0.15) is 5.56 Å². The lowest BCUT2D eigenvalue weighted by Crippen LogP contribution is -2.45. The number of amides is 1. The Balaban J connectivity index is 1.87. The van der Waals surface area contributed by atoms with Gasteiger partial charge in [0.25, 0.3) is 0 Å². The van der Waals surface area contributed by atoms with E-state index >= 15 is 0 Å². The van der Waals surface area contributed by atoms with Crippen LogP contribution in [0, 0.1) is 5.92 Å². The fourth-order valence-corrected chi connectivity index (χ4v) is 2.51. The summed E-state index contributed by atoms with van der Waals surface area (Å²) in [4.78, 5) is 22.4. The standard InChI is InChI=1S/C15H13N3O2S/c1-20-11-5-2-4-10(8-11)9-18-14(19)12-6-3-7-16-13(12)17-15(18)21/h2-8,12H,9H2,1H3. The van der Waals surface area contributed by atoms with E-state index < -0.39 is 5.92 Å². The van der Waals surface area contributed by atoms with Crippen LogP contribution in [0.25, 0.3) is 0 Å². The highest BCUT2D eigenvalue weighted by molar-refractivity contribution is 7.80. The highest BCUT2D eigenvalue weighted by Crippen LogP contribution is 2.22. The van der Waals surface area contributed by atoms with Gasteiger partial charge in [-0.15, -0.1) is 0 Å². The van der Waals surface area contributed by atoms with Crippen molar-refractivity contribution in [2.75, 3.05) is 7.11 Å². The lowest BCUT2D eigenvalue weighted by molar-refractivity contribution is -0.129. The first kappa shape index (κ1) is 13.6. The van der Waals surface area contributed by atoms with E-state index in [1.807, 2.05) is 24.3 Å². The Morgan fingerprint density at radius 2 is 2.29 bits per heavy atom. The Bertz CT molecular complexity index is 694. The number of ether oxygens (including phenoxy) is 1. The molecule has 2 heterocycles. The number of hydrogen-bond donors (Lipinski definition) is 0. The van der Waals surface area contributed by atoms with Crippen LogP contribution in [0.5, 0.6) is 5.75 Å². The van der Waals surface area contributed by atoms with Gasteiger partial charge in [0.05, 0.1) is 13.7 Å². The Kier molecular flexibility index (Phi) is 3.62. The summed E-state index contributed by atoms with van der Waals surface area (Å²) in [6.45, 7) is 0.375. The van der Waals surface area contributed by atoms with Gasteiger partial charge in [0, 0.05) is 6.21 Å². The smallest absolute Gasteiger partial charge is 0.243 e. The molecule has 6 heteroatoms. The van der Waals surface area contributed by atoms with Gasteiger partial charge >= 0.3 is 0 Å². The van der Waals surface area contributed by atoms with Crippen LogP contribution in [0.4, 0.5) is 0 Å². The molecule has 0 aliphatic carbocycles. The molecule has 106 valence electrons. The SMILES string of the molecule is COc1cccc(CN2C(=O)C3C=CC=NC3=NC2=S)c1. The molecule has 0 radical (unpaired) electrons. The first-order valence-corrected chi connectivity index (χ1v) is 6.87.